The smallest absolute Gasteiger partial charge is 0.273 e. The Kier molecular flexibility index (Phi) is 5.55. The van der Waals surface area contributed by atoms with Crippen LogP contribution in [0.2, 0.25) is 5.02 Å². The van der Waals surface area contributed by atoms with Crippen molar-refractivity contribution in [2.45, 2.75) is 13.1 Å². The number of para-hydroxylation sites is 1. The summed E-state index contributed by atoms with van der Waals surface area (Å²) >= 11 is 9.33. The van der Waals surface area contributed by atoms with Gasteiger partial charge in [0.05, 0.1) is 23.5 Å². The summed E-state index contributed by atoms with van der Waals surface area (Å²) in [5.41, 5.74) is 1.01. The van der Waals surface area contributed by atoms with Gasteiger partial charge >= 0.3 is 0 Å². The first-order valence-electron chi connectivity index (χ1n) is 7.72. The van der Waals surface area contributed by atoms with Crippen molar-refractivity contribution in [2.75, 3.05) is 17.2 Å². The fraction of sp³-hybridized carbons (Fsp3) is 0.235. The van der Waals surface area contributed by atoms with Crippen LogP contribution in [-0.4, -0.2) is 38.1 Å². The molecule has 0 unspecified atom stereocenters. The van der Waals surface area contributed by atoms with Crippen molar-refractivity contribution in [3.8, 4) is 0 Å². The van der Waals surface area contributed by atoms with Crippen molar-refractivity contribution in [1.29, 1.82) is 0 Å². The zero-order valence-electron chi connectivity index (χ0n) is 13.3. The number of hydrogen-bond acceptors (Lipinski definition) is 3. The lowest BCUT2D eigenvalue weighted by Crippen LogP contribution is -2.38. The highest BCUT2D eigenvalue weighted by Gasteiger charge is 2.24. The number of aromatic nitrogens is 2. The average Bonchev–Trinajstić information content (AvgIpc) is 3.04. The molecule has 6 nitrogen and oxygen atoms in total. The van der Waals surface area contributed by atoms with Crippen LogP contribution in [0, 0.1) is 0 Å². The Balaban J connectivity index is 1.74. The minimum absolute atomic E-state index is 0.0595. The SMILES string of the molecule is O=C(Nc1ccccc1Cl)c1cnc2n1CCN(C(=O)/C=C/CBr)C2. The Hall–Kier alpha value is -2.12. The van der Waals surface area contributed by atoms with Crippen LogP contribution in [0.15, 0.2) is 42.6 Å². The van der Waals surface area contributed by atoms with E-state index in [0.29, 0.717) is 47.2 Å². The van der Waals surface area contributed by atoms with Gasteiger partial charge in [-0.05, 0) is 18.2 Å². The van der Waals surface area contributed by atoms with Gasteiger partial charge in [-0.25, -0.2) is 4.98 Å². The van der Waals surface area contributed by atoms with E-state index in [1.165, 1.54) is 6.20 Å². The first-order valence-corrected chi connectivity index (χ1v) is 9.22. The largest absolute Gasteiger partial charge is 0.330 e. The quantitative estimate of drug-likeness (QED) is 0.607. The van der Waals surface area contributed by atoms with E-state index in [4.69, 9.17) is 11.6 Å². The lowest BCUT2D eigenvalue weighted by molar-refractivity contribution is -0.127. The molecule has 2 amide bonds. The summed E-state index contributed by atoms with van der Waals surface area (Å²) in [7, 11) is 0. The predicted molar refractivity (Wildman–Crippen MR) is 100.0 cm³/mol. The predicted octanol–water partition coefficient (Wildman–Crippen LogP) is 3.08. The molecule has 0 saturated carbocycles. The number of carbonyl (C=O) groups is 2. The topological polar surface area (TPSA) is 67.2 Å². The summed E-state index contributed by atoms with van der Waals surface area (Å²) < 4.78 is 1.84. The van der Waals surface area contributed by atoms with E-state index >= 15 is 0 Å². The number of amides is 2. The molecule has 0 saturated heterocycles. The highest BCUT2D eigenvalue weighted by atomic mass is 79.9. The van der Waals surface area contributed by atoms with Crippen LogP contribution < -0.4 is 5.32 Å². The second-order valence-electron chi connectivity index (χ2n) is 5.46. The van der Waals surface area contributed by atoms with Gasteiger partial charge in [-0.2, -0.15) is 0 Å². The van der Waals surface area contributed by atoms with Gasteiger partial charge in [0.1, 0.15) is 11.5 Å². The number of nitrogens with one attached hydrogen (secondary N) is 1. The minimum atomic E-state index is -0.272. The maximum atomic E-state index is 12.5. The number of alkyl halides is 1. The molecule has 1 aromatic carbocycles. The van der Waals surface area contributed by atoms with Gasteiger partial charge in [0, 0.05) is 18.4 Å². The second kappa shape index (κ2) is 7.84. The van der Waals surface area contributed by atoms with Gasteiger partial charge in [0.2, 0.25) is 5.91 Å². The molecule has 0 bridgehead atoms. The Morgan fingerprint density at radius 1 is 1.32 bits per heavy atom. The molecule has 0 spiro atoms. The van der Waals surface area contributed by atoms with Crippen LogP contribution in [0.1, 0.15) is 16.3 Å². The lowest BCUT2D eigenvalue weighted by Gasteiger charge is -2.27. The van der Waals surface area contributed by atoms with Crippen LogP contribution in [0.4, 0.5) is 5.69 Å². The van der Waals surface area contributed by atoms with Gasteiger partial charge < -0.3 is 14.8 Å². The van der Waals surface area contributed by atoms with Crippen LogP contribution >= 0.6 is 27.5 Å². The van der Waals surface area contributed by atoms with Gasteiger partial charge in [-0.3, -0.25) is 9.59 Å². The number of anilines is 1. The number of nitrogens with zero attached hydrogens (tertiary/aromatic N) is 3. The summed E-state index contributed by atoms with van der Waals surface area (Å²) in [6.45, 7) is 1.43. The van der Waals surface area contributed by atoms with Crippen molar-refractivity contribution >= 4 is 45.0 Å². The molecule has 2 aromatic rings. The zero-order valence-corrected chi connectivity index (χ0v) is 15.6. The van der Waals surface area contributed by atoms with Gasteiger partial charge in [0.15, 0.2) is 0 Å². The highest BCUT2D eigenvalue weighted by molar-refractivity contribution is 9.09. The number of benzene rings is 1. The van der Waals surface area contributed by atoms with E-state index in [1.54, 1.807) is 41.3 Å². The van der Waals surface area contributed by atoms with Crippen LogP contribution in [0.3, 0.4) is 0 Å². The number of imidazole rings is 1. The molecule has 3 rings (SSSR count). The molecule has 8 heteroatoms. The van der Waals surface area contributed by atoms with Crippen LogP contribution in [-0.2, 0) is 17.9 Å². The van der Waals surface area contributed by atoms with E-state index in [2.05, 4.69) is 26.2 Å². The average molecular weight is 424 g/mol. The molecule has 25 heavy (non-hydrogen) atoms. The van der Waals surface area contributed by atoms with E-state index in [-0.39, 0.29) is 11.8 Å². The fourth-order valence-electron chi connectivity index (χ4n) is 2.63. The molecular formula is C17H16BrClN4O2. The first-order chi connectivity index (χ1) is 12.1. The first kappa shape index (κ1) is 17.7. The molecule has 1 aromatic heterocycles. The molecule has 2 heterocycles. The summed E-state index contributed by atoms with van der Waals surface area (Å²) in [5, 5.41) is 3.90. The van der Waals surface area contributed by atoms with Crippen molar-refractivity contribution in [1.82, 2.24) is 14.5 Å². The van der Waals surface area contributed by atoms with Crippen molar-refractivity contribution in [3.63, 3.8) is 0 Å². The number of fused-ring (bicyclic) bond motifs is 1. The molecule has 0 aliphatic carbocycles. The summed E-state index contributed by atoms with van der Waals surface area (Å²) in [4.78, 5) is 30.6. The third kappa shape index (κ3) is 3.93. The standard InChI is InChI=1S/C17H16BrClN4O2/c18-7-3-6-16(24)22-8-9-23-14(10-20-15(23)11-22)17(25)21-13-5-2-1-4-12(13)19/h1-6,10H,7-9,11H2,(H,21,25)/b6-3+. The molecule has 1 N–H and O–H groups in total. The fourth-order valence-corrected chi connectivity index (χ4v) is 3.00. The number of rotatable bonds is 4. The van der Waals surface area contributed by atoms with E-state index < -0.39 is 0 Å². The maximum Gasteiger partial charge on any atom is 0.273 e. The summed E-state index contributed by atoms with van der Waals surface area (Å²) in [6.07, 6.45) is 4.83. The number of hydrogen-bond donors (Lipinski definition) is 1. The Morgan fingerprint density at radius 3 is 2.88 bits per heavy atom. The number of carbonyl (C=O) groups excluding carboxylic acids is 2. The molecule has 1 aliphatic rings. The number of halogens is 2. The van der Waals surface area contributed by atoms with Crippen molar-refractivity contribution < 1.29 is 9.59 Å². The molecule has 0 radical (unpaired) electrons. The third-order valence-electron chi connectivity index (χ3n) is 3.88. The van der Waals surface area contributed by atoms with E-state index in [1.807, 2.05) is 4.57 Å². The Labute approximate surface area is 158 Å². The second-order valence-corrected chi connectivity index (χ2v) is 6.52. The molecule has 0 atom stereocenters. The van der Waals surface area contributed by atoms with E-state index in [9.17, 15) is 9.59 Å². The Morgan fingerprint density at radius 2 is 2.12 bits per heavy atom. The molecular weight excluding hydrogens is 408 g/mol. The van der Waals surface area contributed by atoms with Crippen molar-refractivity contribution in [2.24, 2.45) is 0 Å². The lowest BCUT2D eigenvalue weighted by atomic mass is 10.3. The zero-order chi connectivity index (χ0) is 17.8. The summed E-state index contributed by atoms with van der Waals surface area (Å²) in [5.74, 6) is 0.359. The number of allylic oxidation sites excluding steroid dienone is 1. The molecule has 130 valence electrons. The minimum Gasteiger partial charge on any atom is -0.330 e. The maximum absolute atomic E-state index is 12.5. The monoisotopic (exact) mass is 422 g/mol. The highest BCUT2D eigenvalue weighted by Crippen LogP contribution is 2.22. The normalized spacial score (nSPS) is 13.8. The van der Waals surface area contributed by atoms with Crippen molar-refractivity contribution in [3.05, 3.63) is 59.2 Å². The van der Waals surface area contributed by atoms with E-state index in [0.717, 1.165) is 0 Å². The molecule has 0 fully saturated rings. The molecule has 1 aliphatic heterocycles. The van der Waals surface area contributed by atoms with Gasteiger partial charge in [-0.15, -0.1) is 0 Å². The van der Waals surface area contributed by atoms with Gasteiger partial charge in [-0.1, -0.05) is 45.7 Å². The van der Waals surface area contributed by atoms with Crippen LogP contribution in [0.5, 0.6) is 0 Å². The summed E-state index contributed by atoms with van der Waals surface area (Å²) in [6, 6.07) is 7.06. The van der Waals surface area contributed by atoms with Gasteiger partial charge in [0.25, 0.3) is 5.91 Å². The third-order valence-corrected chi connectivity index (χ3v) is 4.58. The Bertz CT molecular complexity index is 834. The van der Waals surface area contributed by atoms with Crippen LogP contribution in [0.25, 0.3) is 0 Å².